The van der Waals surface area contributed by atoms with Gasteiger partial charge in [-0.15, -0.1) is 0 Å². The number of amides is 2. The van der Waals surface area contributed by atoms with Gasteiger partial charge in [-0.2, -0.15) is 0 Å². The molecule has 0 aliphatic heterocycles. The van der Waals surface area contributed by atoms with Gasteiger partial charge < -0.3 is 11.1 Å². The average molecular weight is 429 g/mol. The first-order chi connectivity index (χ1) is 15.6. The molecule has 168 valence electrons. The second-order valence-corrected chi connectivity index (χ2v) is 9.44. The molecule has 0 spiro atoms. The second kappa shape index (κ2) is 9.77. The van der Waals surface area contributed by atoms with Crippen LogP contribution >= 0.6 is 0 Å². The van der Waals surface area contributed by atoms with Crippen LogP contribution in [0.1, 0.15) is 69.4 Å². The molecule has 2 aromatic rings. The molecule has 3 heteroatoms. The van der Waals surface area contributed by atoms with Gasteiger partial charge in [0.1, 0.15) is 0 Å². The van der Waals surface area contributed by atoms with Crippen molar-refractivity contribution in [2.24, 2.45) is 17.1 Å². The predicted molar refractivity (Wildman–Crippen MR) is 134 cm³/mol. The number of urea groups is 1. The zero-order chi connectivity index (χ0) is 22.6. The van der Waals surface area contributed by atoms with Gasteiger partial charge in [0, 0.05) is 11.5 Å². The van der Waals surface area contributed by atoms with Gasteiger partial charge in [0.2, 0.25) is 0 Å². The van der Waals surface area contributed by atoms with Crippen LogP contribution in [0.2, 0.25) is 0 Å². The molecular weight excluding hydrogens is 392 g/mol. The van der Waals surface area contributed by atoms with Crippen LogP contribution in [0.15, 0.2) is 72.8 Å². The van der Waals surface area contributed by atoms with E-state index in [0.717, 1.165) is 25.7 Å². The van der Waals surface area contributed by atoms with Gasteiger partial charge >= 0.3 is 6.03 Å². The van der Waals surface area contributed by atoms with Gasteiger partial charge in [-0.3, -0.25) is 0 Å². The van der Waals surface area contributed by atoms with Crippen molar-refractivity contribution in [3.8, 4) is 0 Å². The van der Waals surface area contributed by atoms with E-state index in [2.05, 4.69) is 72.9 Å². The lowest BCUT2D eigenvalue weighted by Gasteiger charge is -2.37. The number of primary amides is 1. The molecule has 2 aliphatic rings. The number of nitrogens with two attached hydrogens (primary N) is 1. The zero-order valence-electron chi connectivity index (χ0n) is 19.3. The summed E-state index contributed by atoms with van der Waals surface area (Å²) in [7, 11) is 0. The van der Waals surface area contributed by atoms with E-state index in [4.69, 9.17) is 12.3 Å². The monoisotopic (exact) mass is 428 g/mol. The van der Waals surface area contributed by atoms with Crippen molar-refractivity contribution in [2.45, 2.75) is 64.3 Å². The first kappa shape index (κ1) is 22.4. The van der Waals surface area contributed by atoms with Gasteiger partial charge in [0.25, 0.3) is 0 Å². The molecule has 3 atom stereocenters. The Balaban J connectivity index is 1.81. The smallest absolute Gasteiger partial charge is 0.312 e. The zero-order valence-corrected chi connectivity index (χ0v) is 19.3. The number of rotatable bonds is 9. The number of allylic oxidation sites excluding steroid dienone is 3. The second-order valence-electron chi connectivity index (χ2n) is 9.44. The minimum Gasteiger partial charge on any atom is -0.352 e. The standard InChI is InChI=1S/C29H36N2O/c1-3-4-5-8-17-24-20-25-26(31-28(30)32)18-19-29(25,21(2)22-13-9-6-10-14-22)27(24)23-15-11-7-12-16-23/h6-7,9-16,25-26H,2-5,8,17-20H2,1H3,(H3,30,31,32)/t25-,26-,29-/m0/s1. The molecule has 0 unspecified atom stereocenters. The molecule has 1 saturated carbocycles. The Morgan fingerprint density at radius 2 is 1.75 bits per heavy atom. The van der Waals surface area contributed by atoms with Gasteiger partial charge in [0.15, 0.2) is 0 Å². The van der Waals surface area contributed by atoms with Crippen LogP contribution < -0.4 is 11.1 Å². The molecule has 0 aromatic heterocycles. The Kier molecular flexibility index (Phi) is 6.83. The van der Waals surface area contributed by atoms with E-state index in [-0.39, 0.29) is 11.5 Å². The fraction of sp³-hybridized carbons (Fsp3) is 0.414. The first-order valence-corrected chi connectivity index (χ1v) is 12.2. The third-order valence-corrected chi connectivity index (χ3v) is 7.62. The molecule has 0 saturated heterocycles. The number of fused-ring (bicyclic) bond motifs is 1. The van der Waals surface area contributed by atoms with Crippen LogP contribution in [0, 0.1) is 11.3 Å². The number of benzene rings is 2. The highest BCUT2D eigenvalue weighted by Crippen LogP contribution is 2.66. The van der Waals surface area contributed by atoms with Crippen molar-refractivity contribution in [1.29, 1.82) is 0 Å². The van der Waals surface area contributed by atoms with Crippen LogP contribution in [0.5, 0.6) is 0 Å². The van der Waals surface area contributed by atoms with Crippen molar-refractivity contribution in [3.05, 3.63) is 83.9 Å². The number of nitrogens with one attached hydrogen (secondary N) is 1. The summed E-state index contributed by atoms with van der Waals surface area (Å²) in [4.78, 5) is 11.8. The van der Waals surface area contributed by atoms with Crippen LogP contribution in [0.3, 0.4) is 0 Å². The lowest BCUT2D eigenvalue weighted by molar-refractivity contribution is 0.239. The average Bonchev–Trinajstić information content (AvgIpc) is 3.32. The summed E-state index contributed by atoms with van der Waals surface area (Å²) in [5.41, 5.74) is 12.1. The number of hydrogen-bond donors (Lipinski definition) is 2. The van der Waals surface area contributed by atoms with E-state index in [1.165, 1.54) is 48.0 Å². The van der Waals surface area contributed by atoms with E-state index in [1.807, 2.05) is 0 Å². The topological polar surface area (TPSA) is 55.1 Å². The van der Waals surface area contributed by atoms with Crippen LogP contribution in [0.4, 0.5) is 4.79 Å². The number of hydrogen-bond acceptors (Lipinski definition) is 1. The molecule has 2 amide bonds. The fourth-order valence-corrected chi connectivity index (χ4v) is 6.26. The quantitative estimate of drug-likeness (QED) is 0.417. The summed E-state index contributed by atoms with van der Waals surface area (Å²) >= 11 is 0. The van der Waals surface area contributed by atoms with Crippen molar-refractivity contribution >= 4 is 17.2 Å². The van der Waals surface area contributed by atoms with Crippen molar-refractivity contribution < 1.29 is 4.79 Å². The Morgan fingerprint density at radius 1 is 1.06 bits per heavy atom. The third kappa shape index (κ3) is 4.13. The van der Waals surface area contributed by atoms with Gasteiger partial charge in [-0.1, -0.05) is 99.0 Å². The minimum atomic E-state index is -0.422. The van der Waals surface area contributed by atoms with E-state index < -0.39 is 6.03 Å². The Hall–Kier alpha value is -2.81. The highest BCUT2D eigenvalue weighted by atomic mass is 16.2. The lowest BCUT2D eigenvalue weighted by Crippen LogP contribution is -2.43. The SMILES string of the molecule is C=C(c1ccccc1)[C@@]12CC[C@H](NC(N)=O)[C@@H]1CC(CCCCCC)=C2c1ccccc1. The molecule has 0 bridgehead atoms. The number of carbonyl (C=O) groups excluding carboxylic acids is 1. The van der Waals surface area contributed by atoms with Gasteiger partial charge in [-0.05, 0) is 60.3 Å². The van der Waals surface area contributed by atoms with Crippen LogP contribution in [-0.2, 0) is 0 Å². The number of unbranched alkanes of at least 4 members (excludes halogenated alkanes) is 3. The van der Waals surface area contributed by atoms with Crippen molar-refractivity contribution in [3.63, 3.8) is 0 Å². The molecule has 3 nitrogen and oxygen atoms in total. The molecule has 32 heavy (non-hydrogen) atoms. The van der Waals surface area contributed by atoms with E-state index in [9.17, 15) is 4.79 Å². The molecule has 1 fully saturated rings. The summed E-state index contributed by atoms with van der Waals surface area (Å²) in [6.07, 6.45) is 9.05. The number of carbonyl (C=O) groups is 1. The highest BCUT2D eigenvalue weighted by molar-refractivity contribution is 5.90. The van der Waals surface area contributed by atoms with Crippen LogP contribution in [0.25, 0.3) is 11.1 Å². The molecule has 2 aliphatic carbocycles. The molecular formula is C29H36N2O. The van der Waals surface area contributed by atoms with Crippen LogP contribution in [-0.4, -0.2) is 12.1 Å². The Morgan fingerprint density at radius 3 is 2.41 bits per heavy atom. The summed E-state index contributed by atoms with van der Waals surface area (Å²) in [5.74, 6) is 0.291. The lowest BCUT2D eigenvalue weighted by atomic mass is 9.66. The van der Waals surface area contributed by atoms with E-state index in [0.29, 0.717) is 5.92 Å². The summed E-state index contributed by atoms with van der Waals surface area (Å²) in [6, 6.07) is 21.1. The van der Waals surface area contributed by atoms with Gasteiger partial charge in [0.05, 0.1) is 0 Å². The minimum absolute atomic E-state index is 0.0832. The Labute approximate surface area is 192 Å². The maximum atomic E-state index is 11.8. The fourth-order valence-electron chi connectivity index (χ4n) is 6.26. The summed E-state index contributed by atoms with van der Waals surface area (Å²) in [5, 5.41) is 3.08. The first-order valence-electron chi connectivity index (χ1n) is 12.2. The summed E-state index contributed by atoms with van der Waals surface area (Å²) < 4.78 is 0. The Bertz CT molecular complexity index is 979. The normalized spacial score (nSPS) is 24.4. The van der Waals surface area contributed by atoms with E-state index in [1.54, 1.807) is 5.57 Å². The largest absolute Gasteiger partial charge is 0.352 e. The maximum absolute atomic E-state index is 11.8. The van der Waals surface area contributed by atoms with Gasteiger partial charge in [-0.25, -0.2) is 4.79 Å². The molecule has 3 N–H and O–H groups in total. The van der Waals surface area contributed by atoms with Crippen molar-refractivity contribution in [2.75, 3.05) is 0 Å². The predicted octanol–water partition coefficient (Wildman–Crippen LogP) is 6.96. The summed E-state index contributed by atoms with van der Waals surface area (Å²) in [6.45, 7) is 6.95. The maximum Gasteiger partial charge on any atom is 0.312 e. The third-order valence-electron chi connectivity index (χ3n) is 7.62. The molecule has 0 heterocycles. The molecule has 4 rings (SSSR count). The van der Waals surface area contributed by atoms with E-state index >= 15 is 0 Å². The molecule has 2 aromatic carbocycles. The highest BCUT2D eigenvalue weighted by Gasteiger charge is 2.57. The molecule has 0 radical (unpaired) electrons. The van der Waals surface area contributed by atoms with Crippen molar-refractivity contribution in [1.82, 2.24) is 5.32 Å².